The normalized spacial score (nSPS) is 13.1. The molecule has 3 N–H and O–H groups in total. The van der Waals surface area contributed by atoms with Crippen LogP contribution in [0.1, 0.15) is 17.2 Å². The smallest absolute Gasteiger partial charge is 0.156 e. The number of fused-ring (bicyclic) bond motifs is 1. The molecular weight excluding hydrogens is 405 g/mol. The second-order valence-corrected chi connectivity index (χ2v) is 7.76. The highest BCUT2D eigenvalue weighted by molar-refractivity contribution is 6.39. The maximum Gasteiger partial charge on any atom is 0.156 e. The van der Waals surface area contributed by atoms with Crippen molar-refractivity contribution < 1.29 is 0 Å². The van der Waals surface area contributed by atoms with E-state index in [9.17, 15) is 0 Å². The number of aromatic nitrogens is 2. The van der Waals surface area contributed by atoms with Gasteiger partial charge in [0.05, 0.1) is 32.8 Å². The molecule has 1 aliphatic rings. The second-order valence-electron chi connectivity index (χ2n) is 7.00. The zero-order chi connectivity index (χ0) is 20.5. The van der Waals surface area contributed by atoms with Gasteiger partial charge in [0.1, 0.15) is 0 Å². The molecule has 0 saturated carbocycles. The summed E-state index contributed by atoms with van der Waals surface area (Å²) < 4.78 is 2.11. The molecule has 0 bridgehead atoms. The Hall–Kier alpha value is -2.47. The molecule has 0 fully saturated rings. The highest BCUT2D eigenvalue weighted by Gasteiger charge is 2.20. The number of hydrogen-bond donors (Lipinski definition) is 3. The lowest BCUT2D eigenvalue weighted by molar-refractivity contribution is 0.611. The highest BCUT2D eigenvalue weighted by Crippen LogP contribution is 2.40. The van der Waals surface area contributed by atoms with E-state index in [-0.39, 0.29) is 0 Å². The van der Waals surface area contributed by atoms with Gasteiger partial charge in [0, 0.05) is 50.4 Å². The molecule has 0 atom stereocenters. The lowest BCUT2D eigenvalue weighted by Crippen LogP contribution is -2.24. The third-order valence-electron chi connectivity index (χ3n) is 5.24. The SMILES string of the molecule is C=C(Nc1cccc(-c2cccc(NC)c2Cl)c1Cl)c1nc2c(n1C)CCNC2. The predicted octanol–water partition coefficient (Wildman–Crippen LogP) is 5.16. The largest absolute Gasteiger partial charge is 0.387 e. The van der Waals surface area contributed by atoms with Gasteiger partial charge in [-0.1, -0.05) is 54.0 Å². The molecule has 4 rings (SSSR count). The van der Waals surface area contributed by atoms with Crippen LogP contribution in [0.15, 0.2) is 43.0 Å². The fraction of sp³-hybridized carbons (Fsp3) is 0.227. The van der Waals surface area contributed by atoms with Crippen molar-refractivity contribution in [3.63, 3.8) is 0 Å². The highest BCUT2D eigenvalue weighted by atomic mass is 35.5. The molecule has 0 spiro atoms. The van der Waals surface area contributed by atoms with Crippen LogP contribution in [0.4, 0.5) is 11.4 Å². The van der Waals surface area contributed by atoms with Gasteiger partial charge in [-0.2, -0.15) is 0 Å². The van der Waals surface area contributed by atoms with Crippen LogP contribution in [-0.4, -0.2) is 23.1 Å². The molecule has 0 aliphatic carbocycles. The summed E-state index contributed by atoms with van der Waals surface area (Å²) in [6, 6.07) is 11.7. The van der Waals surface area contributed by atoms with Crippen LogP contribution in [0.2, 0.25) is 10.0 Å². The monoisotopic (exact) mass is 427 g/mol. The van der Waals surface area contributed by atoms with Crippen molar-refractivity contribution >= 4 is 40.3 Å². The fourth-order valence-corrected chi connectivity index (χ4v) is 4.31. The van der Waals surface area contributed by atoms with Gasteiger partial charge in [-0.3, -0.25) is 0 Å². The third kappa shape index (κ3) is 3.62. The molecule has 0 unspecified atom stereocenters. The number of benzene rings is 2. The molecule has 0 amide bonds. The maximum atomic E-state index is 6.76. The van der Waals surface area contributed by atoms with Crippen molar-refractivity contribution in [1.29, 1.82) is 0 Å². The topological polar surface area (TPSA) is 53.9 Å². The van der Waals surface area contributed by atoms with Gasteiger partial charge in [0.25, 0.3) is 0 Å². The van der Waals surface area contributed by atoms with Crippen LogP contribution < -0.4 is 16.0 Å². The van der Waals surface area contributed by atoms with E-state index in [0.717, 1.165) is 53.5 Å². The Morgan fingerprint density at radius 1 is 1.10 bits per heavy atom. The number of rotatable bonds is 5. The summed E-state index contributed by atoms with van der Waals surface area (Å²) >= 11 is 13.3. The third-order valence-corrected chi connectivity index (χ3v) is 6.05. The number of hydrogen-bond acceptors (Lipinski definition) is 4. The van der Waals surface area contributed by atoms with Crippen LogP contribution >= 0.6 is 23.2 Å². The van der Waals surface area contributed by atoms with Crippen LogP contribution in [0.3, 0.4) is 0 Å². The standard InChI is InChI=1S/C22H23Cl2N5/c1-13(22-28-18-12-26-11-10-19(18)29(22)3)27-17-9-5-7-15(21(17)24)14-6-4-8-16(25-2)20(14)23/h4-9,25-27H,1,10-12H2,2-3H3. The Morgan fingerprint density at radius 2 is 1.76 bits per heavy atom. The molecule has 150 valence electrons. The summed E-state index contributed by atoms with van der Waals surface area (Å²) in [5.74, 6) is 0.815. The second kappa shape index (κ2) is 8.11. The van der Waals surface area contributed by atoms with E-state index in [0.29, 0.717) is 15.7 Å². The number of nitrogens with one attached hydrogen (secondary N) is 3. The first kappa shape index (κ1) is 19.8. The minimum Gasteiger partial charge on any atom is -0.387 e. The molecule has 1 aromatic heterocycles. The van der Waals surface area contributed by atoms with Crippen LogP contribution in [0.5, 0.6) is 0 Å². The van der Waals surface area contributed by atoms with E-state index in [1.165, 1.54) is 5.69 Å². The number of halogens is 2. The van der Waals surface area contributed by atoms with Crippen molar-refractivity contribution in [2.45, 2.75) is 13.0 Å². The van der Waals surface area contributed by atoms with Gasteiger partial charge >= 0.3 is 0 Å². The number of anilines is 2. The molecule has 2 aromatic carbocycles. The molecule has 0 saturated heterocycles. The van der Waals surface area contributed by atoms with Crippen molar-refractivity contribution in [2.24, 2.45) is 7.05 Å². The zero-order valence-corrected chi connectivity index (χ0v) is 18.0. The molecule has 3 aromatic rings. The average molecular weight is 428 g/mol. The zero-order valence-electron chi connectivity index (χ0n) is 16.4. The average Bonchev–Trinajstić information content (AvgIpc) is 3.07. The van der Waals surface area contributed by atoms with Crippen LogP contribution in [0.25, 0.3) is 16.8 Å². The Balaban J connectivity index is 1.67. The Bertz CT molecular complexity index is 1090. The fourth-order valence-electron chi connectivity index (χ4n) is 3.71. The van der Waals surface area contributed by atoms with Crippen LogP contribution in [0, 0.1) is 0 Å². The summed E-state index contributed by atoms with van der Waals surface area (Å²) in [7, 11) is 3.87. The number of imidazole rings is 1. The summed E-state index contributed by atoms with van der Waals surface area (Å²) in [4.78, 5) is 4.76. The van der Waals surface area contributed by atoms with E-state index >= 15 is 0 Å². The minimum absolute atomic E-state index is 0.587. The lowest BCUT2D eigenvalue weighted by atomic mass is 10.0. The Kier molecular flexibility index (Phi) is 5.54. The summed E-state index contributed by atoms with van der Waals surface area (Å²) in [6.45, 7) is 5.95. The molecule has 5 nitrogen and oxygen atoms in total. The first-order valence-electron chi connectivity index (χ1n) is 9.48. The first-order valence-corrected chi connectivity index (χ1v) is 10.2. The van der Waals surface area contributed by atoms with Gasteiger partial charge in [0.2, 0.25) is 0 Å². The molecule has 0 radical (unpaired) electrons. The Morgan fingerprint density at radius 3 is 2.41 bits per heavy atom. The Labute approximate surface area is 180 Å². The van der Waals surface area contributed by atoms with Gasteiger partial charge in [-0.15, -0.1) is 0 Å². The molecule has 2 heterocycles. The van der Waals surface area contributed by atoms with E-state index in [1.807, 2.05) is 50.5 Å². The van der Waals surface area contributed by atoms with Crippen molar-refractivity contribution in [1.82, 2.24) is 14.9 Å². The summed E-state index contributed by atoms with van der Waals surface area (Å²) in [5.41, 5.74) is 6.38. The quantitative estimate of drug-likeness (QED) is 0.525. The van der Waals surface area contributed by atoms with E-state index in [1.54, 1.807) is 0 Å². The molecule has 29 heavy (non-hydrogen) atoms. The van der Waals surface area contributed by atoms with Gasteiger partial charge in [0.15, 0.2) is 5.82 Å². The predicted molar refractivity (Wildman–Crippen MR) is 123 cm³/mol. The van der Waals surface area contributed by atoms with Gasteiger partial charge in [-0.25, -0.2) is 4.98 Å². The summed E-state index contributed by atoms with van der Waals surface area (Å²) in [5, 5.41) is 11.0. The van der Waals surface area contributed by atoms with Gasteiger partial charge < -0.3 is 20.5 Å². The van der Waals surface area contributed by atoms with Crippen LogP contribution in [-0.2, 0) is 20.0 Å². The first-order chi connectivity index (χ1) is 14.0. The maximum absolute atomic E-state index is 6.76. The van der Waals surface area contributed by atoms with Crippen molar-refractivity contribution in [3.8, 4) is 11.1 Å². The minimum atomic E-state index is 0.587. The molecule has 7 heteroatoms. The van der Waals surface area contributed by atoms with E-state index < -0.39 is 0 Å². The van der Waals surface area contributed by atoms with Crippen molar-refractivity contribution in [3.05, 3.63) is 70.2 Å². The molecular formula is C22H23Cl2N5. The summed E-state index contributed by atoms with van der Waals surface area (Å²) in [6.07, 6.45) is 0.961. The van der Waals surface area contributed by atoms with E-state index in [2.05, 4.69) is 27.1 Å². The number of nitrogens with zero attached hydrogens (tertiary/aromatic N) is 2. The van der Waals surface area contributed by atoms with Gasteiger partial charge in [-0.05, 0) is 12.1 Å². The van der Waals surface area contributed by atoms with E-state index in [4.69, 9.17) is 28.2 Å². The molecule has 1 aliphatic heterocycles. The lowest BCUT2D eigenvalue weighted by Gasteiger charge is -2.16. The van der Waals surface area contributed by atoms with Crippen molar-refractivity contribution in [2.75, 3.05) is 24.2 Å².